The third-order valence-electron chi connectivity index (χ3n) is 14.0. The molecule has 0 aliphatic rings. The number of ether oxygens (including phenoxy) is 1. The first kappa shape index (κ1) is 72.0. The van der Waals surface area contributed by atoms with Gasteiger partial charge in [-0.15, -0.1) is 0 Å². The molecule has 0 saturated carbocycles. The molecule has 0 saturated heterocycles. The number of unbranched alkanes of at least 4 members (excludes halogenated alkanes) is 35. The average molecular weight is 1060 g/mol. The summed E-state index contributed by atoms with van der Waals surface area (Å²) in [7, 11) is 1.48. The Morgan fingerprint density at radius 2 is 0.838 bits per heavy atom. The van der Waals surface area contributed by atoms with Crippen LogP contribution in [0.5, 0.6) is 0 Å². The highest BCUT2D eigenvalue weighted by molar-refractivity contribution is 7.47. The fourth-order valence-corrected chi connectivity index (χ4v) is 9.84. The predicted octanol–water partition coefficient (Wildman–Crippen LogP) is 19.3. The van der Waals surface area contributed by atoms with Gasteiger partial charge in [0.15, 0.2) is 0 Å². The van der Waals surface area contributed by atoms with Gasteiger partial charge in [-0.2, -0.15) is 0 Å². The Morgan fingerprint density at radius 3 is 1.26 bits per heavy atom. The van der Waals surface area contributed by atoms with Crippen LogP contribution in [0.1, 0.15) is 297 Å². The Hall–Kier alpha value is -2.03. The Balaban J connectivity index is 5.17. The van der Waals surface area contributed by atoms with Gasteiger partial charge in [0.05, 0.1) is 33.8 Å². The van der Waals surface area contributed by atoms with Crippen LogP contribution in [0, 0.1) is 0 Å². The normalized spacial score (nSPS) is 14.0. The molecule has 1 amide bonds. The van der Waals surface area contributed by atoms with E-state index in [4.69, 9.17) is 13.8 Å². The number of likely N-dealkylation sites (N-methyl/N-ethyl adjacent to an activating group) is 1. The molecule has 434 valence electrons. The first-order valence-corrected chi connectivity index (χ1v) is 33.0. The summed E-state index contributed by atoms with van der Waals surface area (Å²) in [6.07, 6.45) is 67.0. The van der Waals surface area contributed by atoms with Crippen molar-refractivity contribution in [1.29, 1.82) is 0 Å². The molecule has 0 aliphatic heterocycles. The zero-order valence-electron chi connectivity index (χ0n) is 49.6. The molecule has 3 unspecified atom stereocenters. The van der Waals surface area contributed by atoms with Crippen molar-refractivity contribution in [2.75, 3.05) is 40.9 Å². The summed E-state index contributed by atoms with van der Waals surface area (Å²) >= 11 is 0. The van der Waals surface area contributed by atoms with Gasteiger partial charge in [0, 0.05) is 12.8 Å². The largest absolute Gasteiger partial charge is 0.472 e. The zero-order chi connectivity index (χ0) is 54.3. The Labute approximate surface area is 458 Å². The van der Waals surface area contributed by atoms with E-state index in [0.717, 1.165) is 51.4 Å². The lowest BCUT2D eigenvalue weighted by Gasteiger charge is -2.27. The summed E-state index contributed by atoms with van der Waals surface area (Å²) < 4.78 is 30.6. The molecular weight excluding hydrogens is 940 g/mol. The SMILES string of the molecule is CCCCCCCC/C=C\C/C=C/CCC(=O)OC(/C=C\CCCCCCCCCCCC)C(COP(=O)(O)OCC[N+](C)(C)C)NC(=O)CCCCCCCCCCCCCCC/C=C/CCCCCCCC. The third kappa shape index (κ3) is 54.7. The van der Waals surface area contributed by atoms with Crippen LogP contribution in [0.2, 0.25) is 0 Å². The lowest BCUT2D eigenvalue weighted by Crippen LogP contribution is -2.47. The number of hydrogen-bond acceptors (Lipinski definition) is 6. The number of hydrogen-bond donors (Lipinski definition) is 2. The van der Waals surface area contributed by atoms with Gasteiger partial charge in [0.2, 0.25) is 5.91 Å². The van der Waals surface area contributed by atoms with Gasteiger partial charge < -0.3 is 19.4 Å². The number of esters is 1. The van der Waals surface area contributed by atoms with Gasteiger partial charge in [-0.25, -0.2) is 4.57 Å². The second kappa shape index (κ2) is 54.3. The standard InChI is InChI=1S/C64H121N2O7P/c1-7-10-13-16-19-22-25-28-29-30-31-32-33-34-35-36-37-39-41-44-47-50-53-56-63(67)65-61(60-72-74(69,70)71-59-58-66(4,5)6)62(55-52-49-46-43-40-27-24-21-18-15-12-9-3)73-64(68)57-54-51-48-45-42-38-26-23-20-17-14-11-8-2/h28-29,38,42,48,51-52,55,61-62H,7-27,30-37,39-41,43-47,49-50,53-54,56-60H2,1-6H3,(H-,65,67,69,70)/p+1/b29-28+,42-38-,51-48+,55-52-. The average Bonchev–Trinajstić information content (AvgIpc) is 3.36. The summed E-state index contributed by atoms with van der Waals surface area (Å²) in [4.78, 5) is 37.6. The van der Waals surface area contributed by atoms with E-state index in [9.17, 15) is 19.0 Å². The molecule has 10 heteroatoms. The Bertz CT molecular complexity index is 1410. The van der Waals surface area contributed by atoms with Gasteiger partial charge in [-0.1, -0.05) is 256 Å². The van der Waals surface area contributed by atoms with Crippen molar-refractivity contribution < 1.29 is 37.3 Å². The van der Waals surface area contributed by atoms with E-state index in [1.165, 1.54) is 205 Å². The molecule has 0 fully saturated rings. The molecule has 0 heterocycles. The number of nitrogens with zero attached hydrogens (tertiary/aromatic N) is 1. The first-order valence-electron chi connectivity index (χ1n) is 31.5. The number of amides is 1. The number of carbonyl (C=O) groups is 2. The predicted molar refractivity (Wildman–Crippen MR) is 319 cm³/mol. The van der Waals surface area contributed by atoms with Crippen LogP contribution in [0.25, 0.3) is 0 Å². The maximum Gasteiger partial charge on any atom is 0.472 e. The minimum absolute atomic E-state index is 0.0335. The first-order chi connectivity index (χ1) is 35.9. The number of nitrogens with one attached hydrogen (secondary N) is 1. The van der Waals surface area contributed by atoms with Crippen LogP contribution in [0.4, 0.5) is 0 Å². The minimum atomic E-state index is -4.46. The lowest BCUT2D eigenvalue weighted by atomic mass is 10.0. The summed E-state index contributed by atoms with van der Waals surface area (Å²) in [6.45, 7) is 6.98. The van der Waals surface area contributed by atoms with E-state index in [1.54, 1.807) is 0 Å². The van der Waals surface area contributed by atoms with E-state index in [-0.39, 0.29) is 31.5 Å². The fourth-order valence-electron chi connectivity index (χ4n) is 9.11. The number of phosphoric ester groups is 1. The van der Waals surface area contributed by atoms with Gasteiger partial charge in [-0.05, 0) is 76.7 Å². The van der Waals surface area contributed by atoms with Crippen molar-refractivity contribution in [3.8, 4) is 0 Å². The summed E-state index contributed by atoms with van der Waals surface area (Å²) in [6, 6.07) is -0.869. The number of allylic oxidation sites excluding steroid dienone is 7. The maximum atomic E-state index is 13.5. The Morgan fingerprint density at radius 1 is 0.473 bits per heavy atom. The van der Waals surface area contributed by atoms with Crippen molar-refractivity contribution in [3.63, 3.8) is 0 Å². The van der Waals surface area contributed by atoms with Crippen LogP contribution in [0.3, 0.4) is 0 Å². The molecule has 2 N–H and O–H groups in total. The van der Waals surface area contributed by atoms with E-state index >= 15 is 0 Å². The topological polar surface area (TPSA) is 111 Å². The van der Waals surface area contributed by atoms with Crippen molar-refractivity contribution >= 4 is 19.7 Å². The van der Waals surface area contributed by atoms with Crippen molar-refractivity contribution in [2.24, 2.45) is 0 Å². The molecule has 0 aromatic carbocycles. The highest BCUT2D eigenvalue weighted by Crippen LogP contribution is 2.43. The van der Waals surface area contributed by atoms with Crippen molar-refractivity contribution in [3.05, 3.63) is 48.6 Å². The highest BCUT2D eigenvalue weighted by atomic mass is 31.2. The summed E-state index contributed by atoms with van der Waals surface area (Å²) in [5.41, 5.74) is 0. The Kier molecular flexibility index (Phi) is 52.8. The zero-order valence-corrected chi connectivity index (χ0v) is 50.5. The van der Waals surface area contributed by atoms with Crippen LogP contribution < -0.4 is 5.32 Å². The van der Waals surface area contributed by atoms with Crippen LogP contribution in [-0.2, 0) is 27.9 Å². The number of phosphoric acid groups is 1. The van der Waals surface area contributed by atoms with Gasteiger partial charge in [-0.3, -0.25) is 18.6 Å². The molecule has 0 rings (SSSR count). The minimum Gasteiger partial charge on any atom is -0.456 e. The van der Waals surface area contributed by atoms with Crippen molar-refractivity contribution in [2.45, 2.75) is 309 Å². The summed E-state index contributed by atoms with van der Waals surface area (Å²) in [5, 5.41) is 3.04. The monoisotopic (exact) mass is 1060 g/mol. The second-order valence-electron chi connectivity index (χ2n) is 22.6. The van der Waals surface area contributed by atoms with E-state index < -0.39 is 20.0 Å². The van der Waals surface area contributed by atoms with E-state index in [2.05, 4.69) is 56.5 Å². The number of rotatable bonds is 57. The molecule has 0 aromatic heterocycles. The fraction of sp³-hybridized carbons (Fsp3) is 0.844. The van der Waals surface area contributed by atoms with Crippen LogP contribution in [0.15, 0.2) is 48.6 Å². The molecule has 74 heavy (non-hydrogen) atoms. The maximum absolute atomic E-state index is 13.5. The van der Waals surface area contributed by atoms with Gasteiger partial charge in [0.1, 0.15) is 19.3 Å². The molecule has 0 radical (unpaired) electrons. The van der Waals surface area contributed by atoms with E-state index in [1.807, 2.05) is 39.4 Å². The van der Waals surface area contributed by atoms with Crippen LogP contribution >= 0.6 is 7.82 Å². The molecule has 0 aliphatic carbocycles. The van der Waals surface area contributed by atoms with Gasteiger partial charge in [0.25, 0.3) is 0 Å². The number of carbonyl (C=O) groups excluding carboxylic acids is 2. The quantitative estimate of drug-likeness (QED) is 0.0205. The molecule has 3 atom stereocenters. The van der Waals surface area contributed by atoms with E-state index in [0.29, 0.717) is 23.9 Å². The van der Waals surface area contributed by atoms with Gasteiger partial charge >= 0.3 is 13.8 Å². The summed E-state index contributed by atoms with van der Waals surface area (Å²) in [5.74, 6) is -0.575. The smallest absolute Gasteiger partial charge is 0.456 e. The molecule has 0 spiro atoms. The molecule has 9 nitrogen and oxygen atoms in total. The van der Waals surface area contributed by atoms with Crippen molar-refractivity contribution in [1.82, 2.24) is 5.32 Å². The lowest BCUT2D eigenvalue weighted by molar-refractivity contribution is -0.870. The molecule has 0 aromatic rings. The second-order valence-corrected chi connectivity index (χ2v) is 24.0. The van der Waals surface area contributed by atoms with Crippen LogP contribution in [-0.4, -0.2) is 74.3 Å². The molecule has 0 bridgehead atoms. The third-order valence-corrected chi connectivity index (χ3v) is 15.0. The highest BCUT2D eigenvalue weighted by Gasteiger charge is 2.30. The number of quaternary nitrogens is 1. The molecular formula is C64H122N2O7P+.